The number of nitrogens with zero attached hydrogens (tertiary/aromatic N) is 2. The van der Waals surface area contributed by atoms with Crippen molar-refractivity contribution >= 4 is 17.6 Å². The summed E-state index contributed by atoms with van der Waals surface area (Å²) in [6.45, 7) is 6.78. The van der Waals surface area contributed by atoms with Crippen LogP contribution < -0.4 is 10.6 Å². The molecule has 0 saturated carbocycles. The van der Waals surface area contributed by atoms with Crippen LogP contribution in [0, 0.1) is 13.8 Å². The van der Waals surface area contributed by atoms with Crippen LogP contribution in [-0.4, -0.2) is 36.1 Å². The second-order valence-corrected chi connectivity index (χ2v) is 3.95. The fraction of sp³-hybridized carbons (Fsp3) is 0.583. The van der Waals surface area contributed by atoms with Crippen molar-refractivity contribution in [2.75, 3.05) is 30.8 Å². The van der Waals surface area contributed by atoms with Gasteiger partial charge in [-0.25, -0.2) is 9.97 Å². The minimum Gasteiger partial charge on any atom is -0.468 e. The van der Waals surface area contributed by atoms with Crippen molar-refractivity contribution in [3.63, 3.8) is 0 Å². The van der Waals surface area contributed by atoms with Gasteiger partial charge in [-0.3, -0.25) is 4.79 Å². The Morgan fingerprint density at radius 2 is 1.83 bits per heavy atom. The van der Waals surface area contributed by atoms with Crippen molar-refractivity contribution in [2.45, 2.75) is 27.2 Å². The third kappa shape index (κ3) is 3.87. The predicted octanol–water partition coefficient (Wildman–Crippen LogP) is 1.50. The first-order valence-corrected chi connectivity index (χ1v) is 5.98. The molecular weight excluding hydrogens is 232 g/mol. The molecule has 0 amide bonds. The number of carbonyl (C=O) groups excluding carboxylic acids is 1. The smallest absolute Gasteiger partial charge is 0.325 e. The molecule has 0 aliphatic heterocycles. The third-order valence-electron chi connectivity index (χ3n) is 2.43. The first-order valence-electron chi connectivity index (χ1n) is 5.98. The lowest BCUT2D eigenvalue weighted by Crippen LogP contribution is -2.18. The molecule has 0 atom stereocenters. The van der Waals surface area contributed by atoms with Crippen molar-refractivity contribution in [3.8, 4) is 0 Å². The monoisotopic (exact) mass is 252 g/mol. The van der Waals surface area contributed by atoms with E-state index in [1.54, 1.807) is 0 Å². The summed E-state index contributed by atoms with van der Waals surface area (Å²) >= 11 is 0. The highest BCUT2D eigenvalue weighted by molar-refractivity contribution is 5.75. The quantitative estimate of drug-likeness (QED) is 0.747. The summed E-state index contributed by atoms with van der Waals surface area (Å²) in [5, 5.41) is 6.19. The molecule has 6 heteroatoms. The average Bonchev–Trinajstić information content (AvgIpc) is 2.37. The number of aryl methyl sites for hydroxylation is 1. The van der Waals surface area contributed by atoms with Crippen LogP contribution in [0.5, 0.6) is 0 Å². The molecule has 0 spiro atoms. The molecule has 100 valence electrons. The number of hydrogen-bond donors (Lipinski definition) is 2. The van der Waals surface area contributed by atoms with Gasteiger partial charge < -0.3 is 15.4 Å². The van der Waals surface area contributed by atoms with Crippen LogP contribution in [0.15, 0.2) is 0 Å². The summed E-state index contributed by atoms with van der Waals surface area (Å²) in [6, 6.07) is 0. The molecule has 1 aromatic heterocycles. The zero-order valence-electron chi connectivity index (χ0n) is 11.3. The lowest BCUT2D eigenvalue weighted by molar-refractivity contribution is -0.138. The van der Waals surface area contributed by atoms with Crippen LogP contribution in [0.1, 0.15) is 24.7 Å². The average molecular weight is 252 g/mol. The number of nitrogens with one attached hydrogen (secondary N) is 2. The first kappa shape index (κ1) is 14.2. The van der Waals surface area contributed by atoms with Crippen LogP contribution in [0.2, 0.25) is 0 Å². The number of anilines is 2. The normalized spacial score (nSPS) is 10.0. The van der Waals surface area contributed by atoms with Crippen LogP contribution in [0.3, 0.4) is 0 Å². The Hall–Kier alpha value is -1.85. The van der Waals surface area contributed by atoms with Gasteiger partial charge in [-0.2, -0.15) is 0 Å². The zero-order valence-corrected chi connectivity index (χ0v) is 11.3. The Morgan fingerprint density at radius 3 is 2.39 bits per heavy atom. The van der Waals surface area contributed by atoms with E-state index in [1.807, 2.05) is 13.8 Å². The minimum atomic E-state index is -0.325. The Balaban J connectivity index is 2.83. The van der Waals surface area contributed by atoms with Gasteiger partial charge in [-0.1, -0.05) is 6.92 Å². The van der Waals surface area contributed by atoms with Crippen LogP contribution in [0.25, 0.3) is 0 Å². The van der Waals surface area contributed by atoms with E-state index in [4.69, 9.17) is 0 Å². The summed E-state index contributed by atoms with van der Waals surface area (Å²) in [4.78, 5) is 19.7. The molecule has 0 aromatic carbocycles. The molecule has 0 bridgehead atoms. The zero-order chi connectivity index (χ0) is 13.5. The van der Waals surface area contributed by atoms with E-state index in [1.165, 1.54) is 7.11 Å². The topological polar surface area (TPSA) is 76.1 Å². The number of ether oxygens (including phenoxy) is 1. The van der Waals surface area contributed by atoms with Gasteiger partial charge in [-0.05, 0) is 20.3 Å². The Labute approximate surface area is 107 Å². The Morgan fingerprint density at radius 1 is 1.22 bits per heavy atom. The van der Waals surface area contributed by atoms with E-state index in [0.717, 1.165) is 24.3 Å². The van der Waals surface area contributed by atoms with E-state index in [-0.39, 0.29) is 12.5 Å². The van der Waals surface area contributed by atoms with Gasteiger partial charge in [0.05, 0.1) is 7.11 Å². The van der Waals surface area contributed by atoms with Crippen LogP contribution >= 0.6 is 0 Å². The highest BCUT2D eigenvalue weighted by atomic mass is 16.5. The van der Waals surface area contributed by atoms with Crippen LogP contribution in [0.4, 0.5) is 11.6 Å². The molecule has 1 heterocycles. The molecule has 0 fully saturated rings. The number of esters is 1. The highest BCUT2D eigenvalue weighted by Gasteiger charge is 2.09. The van der Waals surface area contributed by atoms with Gasteiger partial charge in [0.15, 0.2) is 0 Å². The molecule has 2 N–H and O–H groups in total. The van der Waals surface area contributed by atoms with Crippen molar-refractivity contribution in [1.29, 1.82) is 0 Å². The van der Waals surface area contributed by atoms with Gasteiger partial charge in [-0.15, -0.1) is 0 Å². The summed E-state index contributed by atoms with van der Waals surface area (Å²) in [5.74, 6) is 1.79. The number of carbonyl (C=O) groups is 1. The van der Waals surface area contributed by atoms with Crippen LogP contribution in [-0.2, 0) is 9.53 Å². The van der Waals surface area contributed by atoms with Crippen molar-refractivity contribution in [2.24, 2.45) is 0 Å². The second-order valence-electron chi connectivity index (χ2n) is 3.95. The summed E-state index contributed by atoms with van der Waals surface area (Å²) in [5.41, 5.74) is 0.901. The Bertz CT molecular complexity index is 421. The number of methoxy groups -OCH3 is 1. The third-order valence-corrected chi connectivity index (χ3v) is 2.43. The minimum absolute atomic E-state index is 0.0982. The lowest BCUT2D eigenvalue weighted by atomic mass is 10.3. The van der Waals surface area contributed by atoms with Crippen molar-refractivity contribution < 1.29 is 9.53 Å². The molecule has 0 unspecified atom stereocenters. The molecule has 1 rings (SSSR count). The number of aromatic nitrogens is 2. The molecule has 0 aliphatic rings. The van der Waals surface area contributed by atoms with E-state index in [2.05, 4.69) is 32.3 Å². The number of rotatable bonds is 6. The number of hydrogen-bond acceptors (Lipinski definition) is 6. The Kier molecular flexibility index (Phi) is 5.35. The maximum absolute atomic E-state index is 11.1. The summed E-state index contributed by atoms with van der Waals surface area (Å²) in [7, 11) is 1.36. The highest BCUT2D eigenvalue weighted by Crippen LogP contribution is 2.19. The standard InChI is InChI=1S/C12H20N4O2/c1-5-6-13-11-8(2)12(16-9(3)15-11)14-7-10(17)18-4/h5-7H2,1-4H3,(H2,13,14,15,16). The van der Waals surface area contributed by atoms with E-state index in [0.29, 0.717) is 11.6 Å². The van der Waals surface area contributed by atoms with Gasteiger partial charge >= 0.3 is 5.97 Å². The SMILES string of the molecule is CCCNc1nc(C)nc(NCC(=O)OC)c1C. The molecule has 0 radical (unpaired) electrons. The van der Waals surface area contributed by atoms with Crippen molar-refractivity contribution in [1.82, 2.24) is 9.97 Å². The van der Waals surface area contributed by atoms with Gasteiger partial charge in [0, 0.05) is 12.1 Å². The predicted molar refractivity (Wildman–Crippen MR) is 70.8 cm³/mol. The second kappa shape index (κ2) is 6.78. The van der Waals surface area contributed by atoms with E-state index in [9.17, 15) is 4.79 Å². The van der Waals surface area contributed by atoms with Gasteiger partial charge in [0.2, 0.25) is 0 Å². The summed E-state index contributed by atoms with van der Waals surface area (Å²) in [6.07, 6.45) is 1.02. The maximum atomic E-state index is 11.1. The molecule has 1 aromatic rings. The lowest BCUT2D eigenvalue weighted by Gasteiger charge is -2.13. The molecule has 0 aliphatic carbocycles. The van der Waals surface area contributed by atoms with E-state index < -0.39 is 0 Å². The fourth-order valence-electron chi connectivity index (χ4n) is 1.44. The van der Waals surface area contributed by atoms with Crippen molar-refractivity contribution in [3.05, 3.63) is 11.4 Å². The maximum Gasteiger partial charge on any atom is 0.325 e. The van der Waals surface area contributed by atoms with Gasteiger partial charge in [0.1, 0.15) is 24.0 Å². The van der Waals surface area contributed by atoms with E-state index >= 15 is 0 Å². The molecule has 0 saturated heterocycles. The fourth-order valence-corrected chi connectivity index (χ4v) is 1.44. The molecule has 18 heavy (non-hydrogen) atoms. The largest absolute Gasteiger partial charge is 0.468 e. The molecule has 6 nitrogen and oxygen atoms in total. The first-order chi connectivity index (χ1) is 8.58. The molecular formula is C12H20N4O2. The van der Waals surface area contributed by atoms with Gasteiger partial charge in [0.25, 0.3) is 0 Å². The summed E-state index contributed by atoms with van der Waals surface area (Å²) < 4.78 is 4.58.